The molecule has 1 saturated carbocycles. The Morgan fingerprint density at radius 3 is 2.33 bits per heavy atom. The van der Waals surface area contributed by atoms with Gasteiger partial charge in [0.2, 0.25) is 5.91 Å². The highest BCUT2D eigenvalue weighted by Gasteiger charge is 2.34. The van der Waals surface area contributed by atoms with Crippen LogP contribution in [0.25, 0.3) is 10.9 Å². The zero-order valence-corrected chi connectivity index (χ0v) is 21.1. The Kier molecular flexibility index (Phi) is 7.52. The molecule has 1 unspecified atom stereocenters. The number of rotatable bonds is 8. The van der Waals surface area contributed by atoms with Gasteiger partial charge in [-0.25, -0.2) is 0 Å². The van der Waals surface area contributed by atoms with Gasteiger partial charge in [0.25, 0.3) is 0 Å². The second kappa shape index (κ2) is 11.1. The van der Waals surface area contributed by atoms with Crippen LogP contribution < -0.4 is 4.90 Å². The van der Waals surface area contributed by atoms with E-state index in [-0.39, 0.29) is 18.1 Å². The van der Waals surface area contributed by atoms with Crippen molar-refractivity contribution in [2.45, 2.75) is 51.0 Å². The fourth-order valence-electron chi connectivity index (χ4n) is 5.46. The molecule has 1 aliphatic rings. The Morgan fingerprint density at radius 1 is 0.889 bits per heavy atom. The van der Waals surface area contributed by atoms with E-state index in [1.165, 1.54) is 19.3 Å². The molecular formula is C31H31ClN2O2. The van der Waals surface area contributed by atoms with E-state index < -0.39 is 6.04 Å². The van der Waals surface area contributed by atoms with Gasteiger partial charge in [-0.05, 0) is 47.4 Å². The number of benzene rings is 3. The third kappa shape index (κ3) is 5.39. The van der Waals surface area contributed by atoms with Gasteiger partial charge >= 0.3 is 0 Å². The van der Waals surface area contributed by atoms with E-state index in [0.29, 0.717) is 17.4 Å². The molecule has 1 aliphatic carbocycles. The minimum absolute atomic E-state index is 0.0837. The van der Waals surface area contributed by atoms with Gasteiger partial charge < -0.3 is 4.98 Å². The van der Waals surface area contributed by atoms with E-state index in [0.717, 1.165) is 40.6 Å². The summed E-state index contributed by atoms with van der Waals surface area (Å²) in [5.74, 6) is 0.352. The van der Waals surface area contributed by atoms with Crippen LogP contribution in [0.2, 0.25) is 5.02 Å². The first-order valence-electron chi connectivity index (χ1n) is 12.8. The van der Waals surface area contributed by atoms with Gasteiger partial charge in [-0.1, -0.05) is 92.2 Å². The van der Waals surface area contributed by atoms with Gasteiger partial charge in [0.15, 0.2) is 5.78 Å². The number of ketones is 1. The number of para-hydroxylation sites is 2. The molecule has 0 spiro atoms. The molecule has 0 saturated heterocycles. The third-order valence-corrected chi connectivity index (χ3v) is 7.54. The summed E-state index contributed by atoms with van der Waals surface area (Å²) in [5.41, 5.74) is 3.43. The van der Waals surface area contributed by atoms with Gasteiger partial charge in [-0.2, -0.15) is 0 Å². The molecule has 1 N–H and O–H groups in total. The third-order valence-electron chi connectivity index (χ3n) is 7.28. The number of nitrogens with zero attached hydrogens (tertiary/aromatic N) is 1. The van der Waals surface area contributed by atoms with Crippen LogP contribution in [0.3, 0.4) is 0 Å². The summed E-state index contributed by atoms with van der Waals surface area (Å²) < 4.78 is 0. The Balaban J connectivity index is 1.53. The van der Waals surface area contributed by atoms with Gasteiger partial charge in [0, 0.05) is 34.2 Å². The highest BCUT2D eigenvalue weighted by atomic mass is 35.5. The number of carbonyl (C=O) groups excluding carboxylic acids is 2. The van der Waals surface area contributed by atoms with Crippen molar-refractivity contribution >= 4 is 39.9 Å². The maximum atomic E-state index is 14.1. The van der Waals surface area contributed by atoms with E-state index >= 15 is 0 Å². The minimum atomic E-state index is -0.704. The predicted molar refractivity (Wildman–Crippen MR) is 146 cm³/mol. The monoisotopic (exact) mass is 498 g/mol. The van der Waals surface area contributed by atoms with Crippen LogP contribution in [0.1, 0.15) is 55.7 Å². The first-order valence-corrected chi connectivity index (χ1v) is 13.2. The van der Waals surface area contributed by atoms with Crippen LogP contribution in [0.4, 0.5) is 5.69 Å². The normalized spacial score (nSPS) is 15.0. The molecule has 1 amide bonds. The molecule has 1 aromatic heterocycles. The van der Waals surface area contributed by atoms with Gasteiger partial charge in [0.05, 0.1) is 6.42 Å². The summed E-state index contributed by atoms with van der Waals surface area (Å²) in [6, 6.07) is 24.2. The largest absolute Gasteiger partial charge is 0.361 e. The van der Waals surface area contributed by atoms with Gasteiger partial charge in [-0.15, -0.1) is 0 Å². The highest BCUT2D eigenvalue weighted by molar-refractivity contribution is 6.30. The summed E-state index contributed by atoms with van der Waals surface area (Å²) in [4.78, 5) is 33.0. The van der Waals surface area contributed by atoms with Gasteiger partial charge in [0.1, 0.15) is 6.04 Å². The van der Waals surface area contributed by atoms with Crippen LogP contribution in [0.5, 0.6) is 0 Å². The molecule has 4 aromatic rings. The zero-order chi connectivity index (χ0) is 24.9. The fraction of sp³-hybridized carbons (Fsp3) is 0.290. The molecular weight excluding hydrogens is 468 g/mol. The number of carbonyl (C=O) groups is 2. The van der Waals surface area contributed by atoms with Crippen LogP contribution in [-0.4, -0.2) is 16.7 Å². The van der Waals surface area contributed by atoms with Crippen molar-refractivity contribution in [1.29, 1.82) is 0 Å². The summed E-state index contributed by atoms with van der Waals surface area (Å²) >= 11 is 6.19. The number of nitrogens with one attached hydrogen (secondary N) is 1. The standard InChI is InChI=1S/C31H31ClN2O2/c32-25-17-15-23(16-18-25)31(29(35)19-22-9-3-1-4-10-22)34(26-11-5-2-6-12-26)30(36)20-24-21-33-28-14-8-7-13-27(24)28/h2,5-8,11-18,21-22,31,33H,1,3-4,9-10,19-20H2. The smallest absolute Gasteiger partial charge is 0.232 e. The number of halogens is 1. The second-order valence-electron chi connectivity index (χ2n) is 9.76. The number of aromatic amines is 1. The average molecular weight is 499 g/mol. The second-order valence-corrected chi connectivity index (χ2v) is 10.2. The van der Waals surface area contributed by atoms with E-state index in [4.69, 9.17) is 11.6 Å². The Labute approximate surface area is 217 Å². The molecule has 5 rings (SSSR count). The van der Waals surface area contributed by atoms with Crippen molar-refractivity contribution in [3.05, 3.63) is 101 Å². The van der Waals surface area contributed by atoms with Crippen LogP contribution in [0.15, 0.2) is 85.1 Å². The minimum Gasteiger partial charge on any atom is -0.361 e. The molecule has 0 aliphatic heterocycles. The maximum Gasteiger partial charge on any atom is 0.232 e. The number of amides is 1. The highest BCUT2D eigenvalue weighted by Crippen LogP contribution is 2.35. The molecule has 184 valence electrons. The van der Waals surface area contributed by atoms with E-state index in [9.17, 15) is 9.59 Å². The molecule has 5 heteroatoms. The molecule has 1 atom stereocenters. The van der Waals surface area contributed by atoms with E-state index in [1.807, 2.05) is 72.9 Å². The summed E-state index contributed by atoms with van der Waals surface area (Å²) in [6.07, 6.45) is 8.31. The van der Waals surface area contributed by atoms with Crippen molar-refractivity contribution in [2.24, 2.45) is 5.92 Å². The van der Waals surface area contributed by atoms with Crippen LogP contribution in [-0.2, 0) is 16.0 Å². The first kappa shape index (κ1) is 24.3. The lowest BCUT2D eigenvalue weighted by molar-refractivity contribution is -0.125. The maximum absolute atomic E-state index is 14.1. The number of hydrogen-bond donors (Lipinski definition) is 1. The predicted octanol–water partition coefficient (Wildman–Crippen LogP) is 7.68. The van der Waals surface area contributed by atoms with Crippen molar-refractivity contribution < 1.29 is 9.59 Å². The van der Waals surface area contributed by atoms with Crippen molar-refractivity contribution in [3.63, 3.8) is 0 Å². The summed E-state index contributed by atoms with van der Waals surface area (Å²) in [7, 11) is 0. The number of fused-ring (bicyclic) bond motifs is 1. The number of H-pyrrole nitrogens is 1. The lowest BCUT2D eigenvalue weighted by Gasteiger charge is -2.33. The summed E-state index contributed by atoms with van der Waals surface area (Å²) in [6.45, 7) is 0. The summed E-state index contributed by atoms with van der Waals surface area (Å²) in [5, 5.41) is 1.63. The number of hydrogen-bond acceptors (Lipinski definition) is 2. The van der Waals surface area contributed by atoms with E-state index in [2.05, 4.69) is 4.98 Å². The Hall–Kier alpha value is -3.37. The molecule has 4 nitrogen and oxygen atoms in total. The fourth-order valence-corrected chi connectivity index (χ4v) is 5.59. The number of Topliss-reactive ketones (excluding diaryl/α,β-unsaturated/α-hetero) is 1. The van der Waals surface area contributed by atoms with Gasteiger partial charge in [-0.3, -0.25) is 14.5 Å². The lowest BCUT2D eigenvalue weighted by atomic mass is 9.83. The molecule has 36 heavy (non-hydrogen) atoms. The Bertz CT molecular complexity index is 1320. The molecule has 1 fully saturated rings. The quantitative estimate of drug-likeness (QED) is 0.271. The number of aromatic nitrogens is 1. The molecule has 3 aromatic carbocycles. The molecule has 0 bridgehead atoms. The topological polar surface area (TPSA) is 53.2 Å². The first-order chi connectivity index (χ1) is 17.6. The van der Waals surface area contributed by atoms with Crippen molar-refractivity contribution in [3.8, 4) is 0 Å². The molecule has 0 radical (unpaired) electrons. The van der Waals surface area contributed by atoms with Crippen LogP contribution in [0, 0.1) is 5.92 Å². The van der Waals surface area contributed by atoms with Crippen LogP contribution >= 0.6 is 11.6 Å². The lowest BCUT2D eigenvalue weighted by Crippen LogP contribution is -2.40. The van der Waals surface area contributed by atoms with Crippen molar-refractivity contribution in [1.82, 2.24) is 4.98 Å². The number of anilines is 1. The van der Waals surface area contributed by atoms with E-state index in [1.54, 1.807) is 17.0 Å². The zero-order valence-electron chi connectivity index (χ0n) is 20.3. The SMILES string of the molecule is O=C(CC1CCCCC1)C(c1ccc(Cl)cc1)N(C(=O)Cc1c[nH]c2ccccc12)c1ccccc1. The molecule has 1 heterocycles. The van der Waals surface area contributed by atoms with Crippen molar-refractivity contribution in [2.75, 3.05) is 4.90 Å². The average Bonchev–Trinajstić information content (AvgIpc) is 3.31. The Morgan fingerprint density at radius 2 is 1.58 bits per heavy atom.